The van der Waals surface area contributed by atoms with E-state index in [1.54, 1.807) is 10.9 Å². The minimum absolute atomic E-state index is 0.199. The highest BCUT2D eigenvalue weighted by Gasteiger charge is 2.44. The number of rotatable bonds is 2. The highest BCUT2D eigenvalue weighted by Crippen LogP contribution is 2.46. The third-order valence-corrected chi connectivity index (χ3v) is 3.48. The van der Waals surface area contributed by atoms with E-state index < -0.39 is 0 Å². The fourth-order valence-corrected chi connectivity index (χ4v) is 1.65. The Bertz CT molecular complexity index is 375. The van der Waals surface area contributed by atoms with Crippen LogP contribution in [0.3, 0.4) is 0 Å². The van der Waals surface area contributed by atoms with Gasteiger partial charge >= 0.3 is 0 Å². The summed E-state index contributed by atoms with van der Waals surface area (Å²) in [6.45, 7) is 0.605. The molecule has 1 aliphatic carbocycles. The van der Waals surface area contributed by atoms with E-state index in [0.717, 1.165) is 17.3 Å². The monoisotopic (exact) mass is 259 g/mol. The summed E-state index contributed by atoms with van der Waals surface area (Å²) < 4.78 is 2.45. The lowest BCUT2D eigenvalue weighted by atomic mass is 10.1. The Balaban J connectivity index is 2.20. The molecule has 1 fully saturated rings. The van der Waals surface area contributed by atoms with Gasteiger partial charge in [-0.25, -0.2) is 0 Å². The van der Waals surface area contributed by atoms with Crippen LogP contribution in [0.4, 0.5) is 0 Å². The van der Waals surface area contributed by atoms with E-state index in [-0.39, 0.29) is 5.41 Å². The maximum atomic E-state index is 8.87. The van der Waals surface area contributed by atoms with Crippen molar-refractivity contribution in [1.82, 2.24) is 9.78 Å². The van der Waals surface area contributed by atoms with E-state index >= 15 is 0 Å². The van der Waals surface area contributed by atoms with Crippen molar-refractivity contribution in [2.24, 2.45) is 5.41 Å². The molecule has 13 heavy (non-hydrogen) atoms. The molecule has 1 aromatic rings. The lowest BCUT2D eigenvalue weighted by Crippen LogP contribution is -2.10. The summed E-state index contributed by atoms with van der Waals surface area (Å²) >= 11 is 9.21. The summed E-state index contributed by atoms with van der Waals surface area (Å²) in [7, 11) is 0. The van der Waals surface area contributed by atoms with Gasteiger partial charge < -0.3 is 0 Å². The molecule has 0 aromatic carbocycles. The smallest absolute Gasteiger partial charge is 0.141 e. The highest BCUT2D eigenvalue weighted by molar-refractivity contribution is 9.10. The summed E-state index contributed by atoms with van der Waals surface area (Å²) in [5, 5.41) is 13.5. The lowest BCUT2D eigenvalue weighted by molar-refractivity contribution is 0.486. The normalized spacial score (nSPS) is 18.2. The first-order chi connectivity index (χ1) is 6.17. The average molecular weight is 261 g/mol. The van der Waals surface area contributed by atoms with Crippen molar-refractivity contribution in [2.75, 3.05) is 0 Å². The van der Waals surface area contributed by atoms with Crippen molar-refractivity contribution in [2.45, 2.75) is 19.4 Å². The summed E-state index contributed by atoms with van der Waals surface area (Å²) in [5.74, 6) is 0. The van der Waals surface area contributed by atoms with E-state index in [9.17, 15) is 0 Å². The summed E-state index contributed by atoms with van der Waals surface area (Å²) in [6, 6.07) is 2.30. The molecule has 0 atom stereocenters. The predicted octanol–water partition coefficient (Wildman–Crippen LogP) is 2.60. The van der Waals surface area contributed by atoms with Crippen LogP contribution in [-0.2, 0) is 6.54 Å². The second-order valence-electron chi connectivity index (χ2n) is 3.33. The van der Waals surface area contributed by atoms with Crippen LogP contribution in [0.25, 0.3) is 0 Å². The highest BCUT2D eigenvalue weighted by atomic mass is 79.9. The zero-order valence-electron chi connectivity index (χ0n) is 6.80. The van der Waals surface area contributed by atoms with Crippen LogP contribution in [0.15, 0.2) is 10.7 Å². The fraction of sp³-hybridized carbons (Fsp3) is 0.500. The molecule has 0 N–H and O–H groups in total. The number of halogens is 2. The zero-order chi connectivity index (χ0) is 9.47. The SMILES string of the molecule is N#CC1(Cn2ncc(Br)c2Cl)CC1. The van der Waals surface area contributed by atoms with E-state index in [4.69, 9.17) is 16.9 Å². The molecule has 0 saturated heterocycles. The largest absolute Gasteiger partial charge is 0.251 e. The molecule has 0 spiro atoms. The van der Waals surface area contributed by atoms with Crippen molar-refractivity contribution in [3.05, 3.63) is 15.8 Å². The second-order valence-corrected chi connectivity index (χ2v) is 4.55. The van der Waals surface area contributed by atoms with Gasteiger partial charge in [0.15, 0.2) is 0 Å². The van der Waals surface area contributed by atoms with Gasteiger partial charge in [-0.2, -0.15) is 10.4 Å². The molecule has 0 aliphatic heterocycles. The van der Waals surface area contributed by atoms with Crippen molar-refractivity contribution >= 4 is 27.5 Å². The van der Waals surface area contributed by atoms with Crippen LogP contribution in [0.2, 0.25) is 5.15 Å². The minimum atomic E-state index is -0.199. The third kappa shape index (κ3) is 1.59. The van der Waals surface area contributed by atoms with Crippen molar-refractivity contribution < 1.29 is 0 Å². The molecule has 2 rings (SSSR count). The molecule has 68 valence electrons. The number of hydrogen-bond acceptors (Lipinski definition) is 2. The third-order valence-electron chi connectivity index (χ3n) is 2.28. The van der Waals surface area contributed by atoms with Gasteiger partial charge in [-0.1, -0.05) is 11.6 Å². The Morgan fingerprint density at radius 3 is 2.85 bits per heavy atom. The van der Waals surface area contributed by atoms with Gasteiger partial charge in [0, 0.05) is 0 Å². The van der Waals surface area contributed by atoms with Gasteiger partial charge in [-0.15, -0.1) is 0 Å². The molecule has 3 nitrogen and oxygen atoms in total. The maximum Gasteiger partial charge on any atom is 0.141 e. The minimum Gasteiger partial charge on any atom is -0.251 e. The first kappa shape index (κ1) is 9.04. The van der Waals surface area contributed by atoms with E-state index in [0.29, 0.717) is 11.7 Å². The van der Waals surface area contributed by atoms with Crippen molar-refractivity contribution in [3.8, 4) is 6.07 Å². The quantitative estimate of drug-likeness (QED) is 0.820. The number of aromatic nitrogens is 2. The van der Waals surface area contributed by atoms with Crippen molar-refractivity contribution in [3.63, 3.8) is 0 Å². The summed E-state index contributed by atoms with van der Waals surface area (Å²) in [6.07, 6.45) is 3.56. The lowest BCUT2D eigenvalue weighted by Gasteiger charge is -2.06. The van der Waals surface area contributed by atoms with Crippen LogP contribution < -0.4 is 0 Å². The fourth-order valence-electron chi connectivity index (χ4n) is 1.20. The van der Waals surface area contributed by atoms with E-state index in [2.05, 4.69) is 27.1 Å². The Kier molecular flexibility index (Phi) is 2.09. The van der Waals surface area contributed by atoms with Crippen LogP contribution in [0.5, 0.6) is 0 Å². The zero-order valence-corrected chi connectivity index (χ0v) is 9.14. The second kappa shape index (κ2) is 3.00. The van der Waals surface area contributed by atoms with Crippen LogP contribution in [-0.4, -0.2) is 9.78 Å². The maximum absolute atomic E-state index is 8.87. The number of hydrogen-bond donors (Lipinski definition) is 0. The average Bonchev–Trinajstić information content (AvgIpc) is 2.85. The van der Waals surface area contributed by atoms with Crippen molar-refractivity contribution in [1.29, 1.82) is 5.26 Å². The van der Waals surface area contributed by atoms with Gasteiger partial charge in [0.2, 0.25) is 0 Å². The Hall–Kier alpha value is -0.530. The molecule has 1 saturated carbocycles. The summed E-state index contributed by atoms with van der Waals surface area (Å²) in [4.78, 5) is 0. The first-order valence-electron chi connectivity index (χ1n) is 3.95. The molecular weight excluding hydrogens is 253 g/mol. The van der Waals surface area contributed by atoms with E-state index in [1.165, 1.54) is 0 Å². The first-order valence-corrected chi connectivity index (χ1v) is 5.12. The van der Waals surface area contributed by atoms with Gasteiger partial charge in [0.25, 0.3) is 0 Å². The molecule has 0 unspecified atom stereocenters. The molecule has 0 radical (unpaired) electrons. The molecule has 5 heteroatoms. The molecule has 1 heterocycles. The Morgan fingerprint density at radius 1 is 1.77 bits per heavy atom. The van der Waals surface area contributed by atoms with Crippen LogP contribution in [0.1, 0.15) is 12.8 Å². The molecular formula is C8H7BrClN3. The van der Waals surface area contributed by atoms with Crippen LogP contribution in [0, 0.1) is 16.7 Å². The van der Waals surface area contributed by atoms with Gasteiger partial charge in [-0.05, 0) is 28.8 Å². The topological polar surface area (TPSA) is 41.6 Å². The molecule has 0 bridgehead atoms. The van der Waals surface area contributed by atoms with Crippen LogP contribution >= 0.6 is 27.5 Å². The standard InChI is InChI=1S/C8H7BrClN3/c9-6-3-12-13(7(6)10)5-8(4-11)1-2-8/h3H,1-2,5H2. The Labute approximate surface area is 89.4 Å². The molecule has 1 aromatic heterocycles. The van der Waals surface area contributed by atoms with Gasteiger partial charge in [-0.3, -0.25) is 4.68 Å². The Morgan fingerprint density at radius 2 is 2.46 bits per heavy atom. The van der Waals surface area contributed by atoms with Gasteiger partial charge in [0.1, 0.15) is 5.15 Å². The molecule has 1 aliphatic rings. The number of nitriles is 1. The summed E-state index contributed by atoms with van der Waals surface area (Å²) in [5.41, 5.74) is -0.199. The molecule has 0 amide bonds. The van der Waals surface area contributed by atoms with Gasteiger partial charge in [0.05, 0.1) is 28.7 Å². The predicted molar refractivity (Wildman–Crippen MR) is 52.2 cm³/mol. The number of nitrogens with zero attached hydrogens (tertiary/aromatic N) is 3. The van der Waals surface area contributed by atoms with E-state index in [1.807, 2.05) is 0 Å².